The molecule has 25 heavy (non-hydrogen) atoms. The van der Waals surface area contributed by atoms with Crippen LogP contribution in [-0.2, 0) is 4.74 Å². The molecule has 0 aliphatic heterocycles. The van der Waals surface area contributed by atoms with Crippen molar-refractivity contribution in [3.63, 3.8) is 0 Å². The number of aromatic amines is 1. The van der Waals surface area contributed by atoms with E-state index in [2.05, 4.69) is 4.98 Å². The standard InChI is InChI=1S/C19H17FN2O3/c1-4-25-19(24)17-12(3)22-11(2)16(17)18(23)14(10-21)9-13-5-7-15(20)8-6-13/h5-9,22H,4H2,1-3H3/b14-9+. The average molecular weight is 340 g/mol. The maximum Gasteiger partial charge on any atom is 0.340 e. The Morgan fingerprint density at radius 3 is 2.36 bits per heavy atom. The molecule has 0 unspecified atom stereocenters. The third kappa shape index (κ3) is 3.83. The summed E-state index contributed by atoms with van der Waals surface area (Å²) in [6, 6.07) is 7.24. The molecule has 0 amide bonds. The average Bonchev–Trinajstić information content (AvgIpc) is 2.88. The first-order valence-corrected chi connectivity index (χ1v) is 7.67. The highest BCUT2D eigenvalue weighted by Gasteiger charge is 2.27. The quantitative estimate of drug-likeness (QED) is 0.389. The van der Waals surface area contributed by atoms with E-state index < -0.39 is 17.6 Å². The molecular weight excluding hydrogens is 323 g/mol. The molecule has 2 rings (SSSR count). The monoisotopic (exact) mass is 340 g/mol. The largest absolute Gasteiger partial charge is 0.462 e. The predicted molar refractivity (Wildman–Crippen MR) is 90.5 cm³/mol. The summed E-state index contributed by atoms with van der Waals surface area (Å²) in [4.78, 5) is 27.9. The molecule has 0 radical (unpaired) electrons. The first kappa shape index (κ1) is 18.1. The summed E-state index contributed by atoms with van der Waals surface area (Å²) in [5.41, 5.74) is 1.58. The van der Waals surface area contributed by atoms with Crippen molar-refractivity contribution in [2.24, 2.45) is 0 Å². The highest BCUT2D eigenvalue weighted by molar-refractivity contribution is 6.19. The van der Waals surface area contributed by atoms with Crippen molar-refractivity contribution < 1.29 is 18.7 Å². The number of rotatable bonds is 5. The second-order valence-electron chi connectivity index (χ2n) is 5.40. The van der Waals surface area contributed by atoms with Crippen LogP contribution in [-0.4, -0.2) is 23.3 Å². The molecule has 0 aliphatic rings. The summed E-state index contributed by atoms with van der Waals surface area (Å²) in [6.07, 6.45) is 1.36. The van der Waals surface area contributed by atoms with Crippen molar-refractivity contribution in [2.75, 3.05) is 6.61 Å². The van der Waals surface area contributed by atoms with Crippen molar-refractivity contribution >= 4 is 17.8 Å². The zero-order chi connectivity index (χ0) is 18.6. The number of carbonyl (C=O) groups excluding carboxylic acids is 2. The molecule has 1 N–H and O–H groups in total. The molecule has 0 bridgehead atoms. The number of hydrogen-bond donors (Lipinski definition) is 1. The van der Waals surface area contributed by atoms with Crippen LogP contribution < -0.4 is 0 Å². The predicted octanol–water partition coefficient (Wildman–Crippen LogP) is 3.74. The molecule has 2 aromatic rings. The summed E-state index contributed by atoms with van der Waals surface area (Å²) in [5, 5.41) is 9.36. The zero-order valence-corrected chi connectivity index (χ0v) is 14.1. The fourth-order valence-corrected chi connectivity index (χ4v) is 2.53. The number of hydrogen-bond acceptors (Lipinski definition) is 4. The van der Waals surface area contributed by atoms with Crippen LogP contribution in [0.2, 0.25) is 0 Å². The highest BCUT2D eigenvalue weighted by Crippen LogP contribution is 2.23. The van der Waals surface area contributed by atoms with Gasteiger partial charge in [0.05, 0.1) is 17.7 Å². The number of halogens is 1. The molecule has 1 heterocycles. The maximum absolute atomic E-state index is 13.0. The van der Waals surface area contributed by atoms with Crippen LogP contribution in [0.3, 0.4) is 0 Å². The van der Waals surface area contributed by atoms with Crippen LogP contribution in [0.4, 0.5) is 4.39 Å². The molecule has 0 spiro atoms. The fraction of sp³-hybridized carbons (Fsp3) is 0.211. The van der Waals surface area contributed by atoms with Crippen molar-refractivity contribution in [2.45, 2.75) is 20.8 Å². The summed E-state index contributed by atoms with van der Waals surface area (Å²) in [7, 11) is 0. The number of esters is 1. The second-order valence-corrected chi connectivity index (χ2v) is 5.40. The molecule has 6 heteroatoms. The van der Waals surface area contributed by atoms with Crippen LogP contribution in [0, 0.1) is 31.0 Å². The Balaban J connectivity index is 2.50. The van der Waals surface area contributed by atoms with Crippen LogP contribution >= 0.6 is 0 Å². The number of ether oxygens (including phenoxy) is 1. The summed E-state index contributed by atoms with van der Waals surface area (Å²) in [5.74, 6) is -1.62. The first-order chi connectivity index (χ1) is 11.9. The number of ketones is 1. The normalized spacial score (nSPS) is 11.1. The van der Waals surface area contributed by atoms with Gasteiger partial charge in [0.25, 0.3) is 0 Å². The second kappa shape index (κ2) is 7.58. The lowest BCUT2D eigenvalue weighted by Crippen LogP contribution is -2.13. The van der Waals surface area contributed by atoms with E-state index in [9.17, 15) is 19.2 Å². The van der Waals surface area contributed by atoms with Gasteiger partial charge in [0.1, 0.15) is 17.5 Å². The molecule has 0 atom stereocenters. The molecule has 1 aromatic carbocycles. The van der Waals surface area contributed by atoms with Crippen LogP contribution in [0.15, 0.2) is 29.8 Å². The van der Waals surface area contributed by atoms with Gasteiger partial charge in [-0.05, 0) is 44.5 Å². The van der Waals surface area contributed by atoms with Crippen molar-refractivity contribution in [1.29, 1.82) is 5.26 Å². The van der Waals surface area contributed by atoms with Gasteiger partial charge in [-0.3, -0.25) is 4.79 Å². The van der Waals surface area contributed by atoms with Crippen molar-refractivity contribution in [3.8, 4) is 6.07 Å². The Labute approximate surface area is 144 Å². The summed E-state index contributed by atoms with van der Waals surface area (Å²) in [6.45, 7) is 5.15. The van der Waals surface area contributed by atoms with E-state index in [4.69, 9.17) is 4.74 Å². The molecule has 0 aliphatic carbocycles. The number of nitriles is 1. The van der Waals surface area contributed by atoms with Crippen molar-refractivity contribution in [1.82, 2.24) is 4.98 Å². The Morgan fingerprint density at radius 1 is 1.20 bits per heavy atom. The van der Waals surface area contributed by atoms with Gasteiger partial charge in [0, 0.05) is 11.4 Å². The lowest BCUT2D eigenvalue weighted by molar-refractivity contribution is 0.0523. The van der Waals surface area contributed by atoms with Crippen molar-refractivity contribution in [3.05, 3.63) is 63.7 Å². The zero-order valence-electron chi connectivity index (χ0n) is 14.1. The topological polar surface area (TPSA) is 83.0 Å². The molecule has 1 aromatic heterocycles. The minimum Gasteiger partial charge on any atom is -0.462 e. The molecule has 5 nitrogen and oxygen atoms in total. The van der Waals surface area contributed by atoms with E-state index in [1.165, 1.54) is 30.3 Å². The molecule has 0 saturated carbocycles. The highest BCUT2D eigenvalue weighted by atomic mass is 19.1. The number of aryl methyl sites for hydroxylation is 2. The van der Waals surface area contributed by atoms with Crippen LogP contribution in [0.1, 0.15) is 44.6 Å². The number of allylic oxidation sites excluding steroid dienone is 1. The molecule has 128 valence electrons. The Bertz CT molecular complexity index is 887. The van der Waals surface area contributed by atoms with E-state index in [0.29, 0.717) is 17.0 Å². The Kier molecular flexibility index (Phi) is 5.50. The van der Waals surface area contributed by atoms with Gasteiger partial charge in [0.2, 0.25) is 5.78 Å². The fourth-order valence-electron chi connectivity index (χ4n) is 2.53. The summed E-state index contributed by atoms with van der Waals surface area (Å²) >= 11 is 0. The SMILES string of the molecule is CCOC(=O)c1c(C)[nH]c(C)c1C(=O)/C(C#N)=C/c1ccc(F)cc1. The number of nitrogens with zero attached hydrogens (tertiary/aromatic N) is 1. The van der Waals surface area contributed by atoms with E-state index >= 15 is 0 Å². The number of aromatic nitrogens is 1. The lowest BCUT2D eigenvalue weighted by Gasteiger charge is -2.05. The van der Waals surface area contributed by atoms with Gasteiger partial charge >= 0.3 is 5.97 Å². The smallest absolute Gasteiger partial charge is 0.340 e. The number of carbonyl (C=O) groups is 2. The Hall–Kier alpha value is -3.20. The van der Waals surface area contributed by atoms with Gasteiger partial charge in [-0.2, -0.15) is 5.26 Å². The van der Waals surface area contributed by atoms with E-state index in [-0.39, 0.29) is 23.3 Å². The first-order valence-electron chi connectivity index (χ1n) is 7.67. The van der Waals surface area contributed by atoms with Gasteiger partial charge in [0.15, 0.2) is 0 Å². The van der Waals surface area contributed by atoms with Gasteiger partial charge < -0.3 is 9.72 Å². The summed E-state index contributed by atoms with van der Waals surface area (Å²) < 4.78 is 18.0. The van der Waals surface area contributed by atoms with E-state index in [0.717, 1.165) is 0 Å². The number of Topliss-reactive ketones (excluding diaryl/α,β-unsaturated/α-hetero) is 1. The minimum atomic E-state index is -0.619. The molecule has 0 saturated heterocycles. The Morgan fingerprint density at radius 2 is 1.80 bits per heavy atom. The molecular formula is C19H17FN2O3. The van der Waals surface area contributed by atoms with E-state index in [1.54, 1.807) is 20.8 Å². The number of benzene rings is 1. The van der Waals surface area contributed by atoms with Gasteiger partial charge in [-0.1, -0.05) is 12.1 Å². The van der Waals surface area contributed by atoms with Crippen LogP contribution in [0.5, 0.6) is 0 Å². The number of nitrogens with one attached hydrogen (secondary N) is 1. The van der Waals surface area contributed by atoms with Gasteiger partial charge in [-0.25, -0.2) is 9.18 Å². The number of H-pyrrole nitrogens is 1. The van der Waals surface area contributed by atoms with E-state index in [1.807, 2.05) is 6.07 Å². The molecule has 0 fully saturated rings. The third-order valence-electron chi connectivity index (χ3n) is 3.63. The minimum absolute atomic E-state index is 0.117. The lowest BCUT2D eigenvalue weighted by atomic mass is 9.98. The van der Waals surface area contributed by atoms with Crippen LogP contribution in [0.25, 0.3) is 6.08 Å². The third-order valence-corrected chi connectivity index (χ3v) is 3.63. The van der Waals surface area contributed by atoms with Gasteiger partial charge in [-0.15, -0.1) is 0 Å². The maximum atomic E-state index is 13.0.